The van der Waals surface area contributed by atoms with Crippen LogP contribution in [0.5, 0.6) is 0 Å². The van der Waals surface area contributed by atoms with Gasteiger partial charge in [-0.3, -0.25) is 14.9 Å². The van der Waals surface area contributed by atoms with E-state index in [2.05, 4.69) is 16.0 Å². The molecular weight excluding hydrogens is 519 g/mol. The van der Waals surface area contributed by atoms with Gasteiger partial charge in [0.1, 0.15) is 18.2 Å². The molecule has 0 bridgehead atoms. The third-order valence-corrected chi connectivity index (χ3v) is 7.26. The van der Waals surface area contributed by atoms with Gasteiger partial charge in [-0.05, 0) is 40.7 Å². The number of unbranched alkanes of at least 4 members (excludes halogenated alkanes) is 2. The molecule has 0 saturated heterocycles. The van der Waals surface area contributed by atoms with Crippen LogP contribution in [0.1, 0.15) is 55.0 Å². The Labute approximate surface area is 232 Å². The Morgan fingerprint density at radius 2 is 1.38 bits per heavy atom. The monoisotopic (exact) mass is 553 g/mol. The largest absolute Gasteiger partial charge is 0.405 e. The van der Waals surface area contributed by atoms with Crippen LogP contribution in [-0.2, 0) is 15.0 Å². The van der Waals surface area contributed by atoms with Crippen LogP contribution < -0.4 is 16.0 Å². The van der Waals surface area contributed by atoms with Crippen molar-refractivity contribution in [2.75, 3.05) is 19.6 Å². The van der Waals surface area contributed by atoms with Crippen molar-refractivity contribution in [2.24, 2.45) is 0 Å². The van der Waals surface area contributed by atoms with Crippen molar-refractivity contribution in [1.29, 1.82) is 0 Å². The first kappa shape index (κ1) is 29.3. The lowest BCUT2D eigenvalue weighted by Gasteiger charge is -2.31. The molecule has 3 aromatic rings. The number of carbonyl (C=O) groups excluding carboxylic acids is 2. The second kappa shape index (κ2) is 13.1. The molecule has 40 heavy (non-hydrogen) atoms. The molecule has 0 aromatic heterocycles. The number of benzene rings is 3. The van der Waals surface area contributed by atoms with Crippen LogP contribution in [-0.4, -0.2) is 42.7 Å². The summed E-state index contributed by atoms with van der Waals surface area (Å²) in [6.45, 7) is -0.627. The van der Waals surface area contributed by atoms with Gasteiger partial charge in [0.25, 0.3) is 0 Å². The van der Waals surface area contributed by atoms with Crippen LogP contribution in [0.15, 0.2) is 78.9 Å². The standard InChI is InChI=1S/C31H34F3N3O3/c32-31(33,34)21-37-29(40)30(25-15-7-5-13-23(25)24-14-6-8-16-26(24)30)18-9-2-10-19-35-27(38)17-20-36-28(39)22-11-3-1-4-12-22/h1,3-8,11-16,28,36,39H,2,9-10,17-21H2,(H,35,38)(H,37,40). The Morgan fingerprint density at radius 3 is 2.00 bits per heavy atom. The van der Waals surface area contributed by atoms with Gasteiger partial charge in [-0.2, -0.15) is 13.2 Å². The van der Waals surface area contributed by atoms with Gasteiger partial charge in [-0.25, -0.2) is 0 Å². The molecule has 0 heterocycles. The first-order valence-corrected chi connectivity index (χ1v) is 13.5. The fraction of sp³-hybridized carbons (Fsp3) is 0.355. The minimum atomic E-state index is -4.51. The molecule has 0 aliphatic heterocycles. The summed E-state index contributed by atoms with van der Waals surface area (Å²) in [5.41, 5.74) is 2.66. The highest BCUT2D eigenvalue weighted by atomic mass is 19.4. The van der Waals surface area contributed by atoms with Crippen LogP contribution in [0.25, 0.3) is 11.1 Å². The van der Waals surface area contributed by atoms with Gasteiger partial charge in [0, 0.05) is 19.5 Å². The fourth-order valence-electron chi connectivity index (χ4n) is 5.37. The topological polar surface area (TPSA) is 90.5 Å². The first-order valence-electron chi connectivity index (χ1n) is 13.5. The third kappa shape index (κ3) is 6.89. The summed E-state index contributed by atoms with van der Waals surface area (Å²) in [6.07, 6.45) is -2.87. The van der Waals surface area contributed by atoms with E-state index in [4.69, 9.17) is 0 Å². The fourth-order valence-corrected chi connectivity index (χ4v) is 5.37. The molecule has 4 rings (SSSR count). The van der Waals surface area contributed by atoms with E-state index in [0.717, 1.165) is 27.8 Å². The number of alkyl halides is 3. The van der Waals surface area contributed by atoms with Gasteiger partial charge < -0.3 is 15.7 Å². The SMILES string of the molecule is O=C(CCNC(O)c1ccccc1)NCCCCCC1(C(=O)NCC(F)(F)F)c2ccccc2-c2ccccc21. The van der Waals surface area contributed by atoms with E-state index in [1.54, 1.807) is 24.3 Å². The smallest absolute Gasteiger partial charge is 0.374 e. The van der Waals surface area contributed by atoms with E-state index >= 15 is 0 Å². The lowest BCUT2D eigenvalue weighted by molar-refractivity contribution is -0.141. The number of aliphatic hydroxyl groups is 1. The van der Waals surface area contributed by atoms with Crippen molar-refractivity contribution in [1.82, 2.24) is 16.0 Å². The Hall–Kier alpha value is -3.69. The maximum atomic E-state index is 13.5. The van der Waals surface area contributed by atoms with E-state index in [1.165, 1.54) is 0 Å². The van der Waals surface area contributed by atoms with Crippen molar-refractivity contribution < 1.29 is 27.9 Å². The molecule has 1 aliphatic rings. The van der Waals surface area contributed by atoms with Crippen LogP contribution in [0.4, 0.5) is 13.2 Å². The Bertz CT molecular complexity index is 1250. The Kier molecular flexibility index (Phi) is 9.60. The highest BCUT2D eigenvalue weighted by molar-refractivity contribution is 6.00. The normalized spacial score (nSPS) is 14.2. The summed E-state index contributed by atoms with van der Waals surface area (Å²) in [4.78, 5) is 25.7. The molecule has 0 fully saturated rings. The summed E-state index contributed by atoms with van der Waals surface area (Å²) in [6, 6.07) is 23.9. The number of fused-ring (bicyclic) bond motifs is 3. The van der Waals surface area contributed by atoms with Gasteiger partial charge in [-0.1, -0.05) is 91.7 Å². The maximum absolute atomic E-state index is 13.5. The van der Waals surface area contributed by atoms with Crippen molar-refractivity contribution in [3.8, 4) is 11.1 Å². The highest BCUT2D eigenvalue weighted by Gasteiger charge is 2.49. The maximum Gasteiger partial charge on any atom is 0.405 e. The Morgan fingerprint density at radius 1 is 0.775 bits per heavy atom. The number of amides is 2. The van der Waals surface area contributed by atoms with Crippen LogP contribution in [0.2, 0.25) is 0 Å². The molecule has 1 unspecified atom stereocenters. The molecule has 4 N–H and O–H groups in total. The quantitative estimate of drug-likeness (QED) is 0.178. The van der Waals surface area contributed by atoms with E-state index in [-0.39, 0.29) is 12.3 Å². The van der Waals surface area contributed by atoms with E-state index in [0.29, 0.717) is 38.8 Å². The summed E-state index contributed by atoms with van der Waals surface area (Å²) >= 11 is 0. The second-order valence-corrected chi connectivity index (χ2v) is 9.97. The van der Waals surface area contributed by atoms with Gasteiger partial charge in [0.05, 0.1) is 0 Å². The molecule has 0 saturated carbocycles. The van der Waals surface area contributed by atoms with Gasteiger partial charge in [-0.15, -0.1) is 0 Å². The number of hydrogen-bond acceptors (Lipinski definition) is 4. The van der Waals surface area contributed by atoms with Crippen LogP contribution >= 0.6 is 0 Å². The molecule has 9 heteroatoms. The zero-order chi connectivity index (χ0) is 28.6. The number of hydrogen-bond donors (Lipinski definition) is 4. The van der Waals surface area contributed by atoms with Crippen molar-refractivity contribution in [2.45, 2.75) is 49.9 Å². The summed E-state index contributed by atoms with van der Waals surface area (Å²) in [7, 11) is 0. The minimum Gasteiger partial charge on any atom is -0.374 e. The molecule has 0 radical (unpaired) electrons. The number of rotatable bonds is 13. The van der Waals surface area contributed by atoms with Gasteiger partial charge in [0.15, 0.2) is 0 Å². The number of aliphatic hydroxyl groups excluding tert-OH is 1. The molecule has 1 atom stereocenters. The predicted octanol–water partition coefficient (Wildman–Crippen LogP) is 4.98. The second-order valence-electron chi connectivity index (χ2n) is 9.97. The summed E-state index contributed by atoms with van der Waals surface area (Å²) < 4.78 is 39.0. The first-order chi connectivity index (χ1) is 19.2. The van der Waals surface area contributed by atoms with Crippen molar-refractivity contribution >= 4 is 11.8 Å². The van der Waals surface area contributed by atoms with Crippen LogP contribution in [0, 0.1) is 0 Å². The molecule has 1 aliphatic carbocycles. The van der Waals surface area contributed by atoms with Crippen LogP contribution in [0.3, 0.4) is 0 Å². The number of nitrogens with one attached hydrogen (secondary N) is 3. The number of halogens is 3. The Balaban J connectivity index is 1.31. The molecule has 212 valence electrons. The van der Waals surface area contributed by atoms with Crippen molar-refractivity contribution in [3.63, 3.8) is 0 Å². The van der Waals surface area contributed by atoms with E-state index < -0.39 is 30.3 Å². The third-order valence-electron chi connectivity index (χ3n) is 7.26. The highest BCUT2D eigenvalue weighted by Crippen LogP contribution is 2.51. The van der Waals surface area contributed by atoms with Gasteiger partial charge in [0.2, 0.25) is 11.8 Å². The van der Waals surface area contributed by atoms with E-state index in [9.17, 15) is 27.9 Å². The molecule has 0 spiro atoms. The summed E-state index contributed by atoms with van der Waals surface area (Å²) in [5, 5.41) is 18.0. The molecule has 6 nitrogen and oxygen atoms in total. The molecular formula is C31H34F3N3O3. The zero-order valence-corrected chi connectivity index (χ0v) is 22.1. The number of carbonyl (C=O) groups is 2. The minimum absolute atomic E-state index is 0.144. The average molecular weight is 554 g/mol. The van der Waals surface area contributed by atoms with E-state index in [1.807, 2.05) is 54.6 Å². The molecule has 2 amide bonds. The predicted molar refractivity (Wildman–Crippen MR) is 147 cm³/mol. The lowest BCUT2D eigenvalue weighted by atomic mass is 9.73. The molecule has 3 aromatic carbocycles. The van der Waals surface area contributed by atoms with Gasteiger partial charge >= 0.3 is 6.18 Å². The zero-order valence-electron chi connectivity index (χ0n) is 22.1. The summed E-state index contributed by atoms with van der Waals surface area (Å²) in [5.74, 6) is -0.796. The average Bonchev–Trinajstić information content (AvgIpc) is 3.24. The van der Waals surface area contributed by atoms with Crippen molar-refractivity contribution in [3.05, 3.63) is 95.6 Å². The lowest BCUT2D eigenvalue weighted by Crippen LogP contribution is -2.47.